The van der Waals surface area contributed by atoms with Crippen LogP contribution >= 0.6 is 31.9 Å². The van der Waals surface area contributed by atoms with Crippen molar-refractivity contribution >= 4 is 43.8 Å². The number of esters is 2. The van der Waals surface area contributed by atoms with Crippen LogP contribution < -0.4 is 0 Å². The molecule has 0 bridgehead atoms. The molecule has 168 valence electrons. The Hall–Kier alpha value is -2.70. The summed E-state index contributed by atoms with van der Waals surface area (Å²) in [5, 5.41) is 0. The van der Waals surface area contributed by atoms with Gasteiger partial charge in [-0.3, -0.25) is 4.79 Å². The van der Waals surface area contributed by atoms with Crippen molar-refractivity contribution in [3.8, 4) is 11.1 Å². The lowest BCUT2D eigenvalue weighted by Gasteiger charge is -2.32. The highest BCUT2D eigenvalue weighted by atomic mass is 79.9. The van der Waals surface area contributed by atoms with Crippen LogP contribution in [0.2, 0.25) is 0 Å². The van der Waals surface area contributed by atoms with Crippen molar-refractivity contribution in [1.82, 2.24) is 0 Å². The first-order chi connectivity index (χ1) is 15.8. The van der Waals surface area contributed by atoms with Crippen LogP contribution in [0.4, 0.5) is 0 Å². The number of carbonyl (C=O) groups excluding carboxylic acids is 2. The Bertz CT molecular complexity index is 1180. The SMILES string of the molecule is C=C(C)C(=O)OCCCC(=O)OC1(c2ccccc2)c2ccc(Br)cc2-c2cc(Br)ccc21. The van der Waals surface area contributed by atoms with Crippen LogP contribution in [-0.4, -0.2) is 18.5 Å². The molecule has 0 aromatic heterocycles. The maximum absolute atomic E-state index is 13.1. The molecular formula is C27H22Br2O4. The molecule has 0 spiro atoms. The van der Waals surface area contributed by atoms with Crippen LogP contribution in [0.5, 0.6) is 0 Å². The predicted molar refractivity (Wildman–Crippen MR) is 135 cm³/mol. The lowest BCUT2D eigenvalue weighted by Crippen LogP contribution is -2.33. The van der Waals surface area contributed by atoms with Crippen molar-refractivity contribution < 1.29 is 19.1 Å². The largest absolute Gasteiger partial charge is 0.462 e. The minimum absolute atomic E-state index is 0.121. The van der Waals surface area contributed by atoms with Gasteiger partial charge in [0.1, 0.15) is 0 Å². The van der Waals surface area contributed by atoms with Crippen LogP contribution in [-0.2, 0) is 24.7 Å². The third kappa shape index (κ3) is 4.55. The molecule has 0 fully saturated rings. The van der Waals surface area contributed by atoms with Gasteiger partial charge in [-0.25, -0.2) is 4.79 Å². The molecule has 0 heterocycles. The van der Waals surface area contributed by atoms with Gasteiger partial charge in [-0.05, 0) is 48.7 Å². The number of rotatable bonds is 7. The summed E-state index contributed by atoms with van der Waals surface area (Å²) in [5.41, 5.74) is 3.96. The quantitative estimate of drug-likeness (QED) is 0.176. The second-order valence-corrected chi connectivity index (χ2v) is 9.75. The van der Waals surface area contributed by atoms with Crippen LogP contribution in [0.15, 0.2) is 87.8 Å². The molecule has 0 N–H and O–H groups in total. The number of hydrogen-bond donors (Lipinski definition) is 0. The number of fused-ring (bicyclic) bond motifs is 3. The Labute approximate surface area is 209 Å². The second kappa shape index (κ2) is 9.65. The Kier molecular flexibility index (Phi) is 6.86. The van der Waals surface area contributed by atoms with E-state index in [0.717, 1.165) is 36.8 Å². The van der Waals surface area contributed by atoms with E-state index in [-0.39, 0.29) is 19.0 Å². The van der Waals surface area contributed by atoms with Crippen molar-refractivity contribution in [1.29, 1.82) is 0 Å². The molecule has 0 atom stereocenters. The second-order valence-electron chi connectivity index (χ2n) is 7.92. The van der Waals surface area contributed by atoms with Gasteiger partial charge in [0.05, 0.1) is 6.61 Å². The van der Waals surface area contributed by atoms with Gasteiger partial charge >= 0.3 is 11.9 Å². The number of benzene rings is 3. The standard InChI is InChI=1S/C27H22Br2O4/c1-17(2)26(31)32-14-6-9-25(30)33-27(18-7-4-3-5-8-18)23-12-10-19(28)15-21(23)22-16-20(29)11-13-24(22)27/h3-5,7-8,10-13,15-16H,1,6,9,14H2,2H3. The molecule has 0 saturated heterocycles. The van der Waals surface area contributed by atoms with Crippen molar-refractivity contribution in [3.63, 3.8) is 0 Å². The predicted octanol–water partition coefficient (Wildman–Crippen LogP) is 6.93. The summed E-state index contributed by atoms with van der Waals surface area (Å²) in [6, 6.07) is 21.8. The zero-order valence-corrected chi connectivity index (χ0v) is 21.2. The van der Waals surface area contributed by atoms with Crippen LogP contribution in [0.25, 0.3) is 11.1 Å². The van der Waals surface area contributed by atoms with Gasteiger partial charge in [-0.15, -0.1) is 0 Å². The molecule has 0 amide bonds. The monoisotopic (exact) mass is 568 g/mol. The van der Waals surface area contributed by atoms with Gasteiger partial charge in [-0.1, -0.05) is 80.9 Å². The first-order valence-electron chi connectivity index (χ1n) is 10.5. The van der Waals surface area contributed by atoms with Crippen molar-refractivity contribution in [2.75, 3.05) is 6.61 Å². The van der Waals surface area contributed by atoms with Gasteiger partial charge in [-0.2, -0.15) is 0 Å². The van der Waals surface area contributed by atoms with Crippen LogP contribution in [0.1, 0.15) is 36.5 Å². The number of hydrogen-bond acceptors (Lipinski definition) is 4. The molecule has 6 heteroatoms. The topological polar surface area (TPSA) is 52.6 Å². The molecule has 0 saturated carbocycles. The average molecular weight is 570 g/mol. The van der Waals surface area contributed by atoms with Gasteiger partial charge in [0.15, 0.2) is 5.60 Å². The first-order valence-corrected chi connectivity index (χ1v) is 12.1. The van der Waals surface area contributed by atoms with E-state index in [2.05, 4.69) is 50.6 Å². The van der Waals surface area contributed by atoms with Gasteiger partial charge in [0.2, 0.25) is 0 Å². The highest BCUT2D eigenvalue weighted by Crippen LogP contribution is 2.54. The highest BCUT2D eigenvalue weighted by molar-refractivity contribution is 9.10. The summed E-state index contributed by atoms with van der Waals surface area (Å²) in [6.07, 6.45) is 0.485. The lowest BCUT2D eigenvalue weighted by atomic mass is 9.84. The molecule has 0 radical (unpaired) electrons. The summed E-state index contributed by atoms with van der Waals surface area (Å²) >= 11 is 7.15. The van der Waals surface area contributed by atoms with E-state index in [4.69, 9.17) is 9.47 Å². The third-order valence-electron chi connectivity index (χ3n) is 5.57. The first kappa shape index (κ1) is 23.5. The number of carbonyl (C=O) groups is 2. The summed E-state index contributed by atoms with van der Waals surface area (Å²) < 4.78 is 13.4. The molecule has 4 rings (SSSR count). The molecular weight excluding hydrogens is 548 g/mol. The third-order valence-corrected chi connectivity index (χ3v) is 6.55. The lowest BCUT2D eigenvalue weighted by molar-refractivity contribution is -0.154. The van der Waals surface area contributed by atoms with E-state index in [1.54, 1.807) is 6.92 Å². The minimum atomic E-state index is -1.07. The number of halogens is 2. The van der Waals surface area contributed by atoms with Crippen LogP contribution in [0.3, 0.4) is 0 Å². The fourth-order valence-electron chi connectivity index (χ4n) is 4.12. The van der Waals surface area contributed by atoms with Crippen molar-refractivity contribution in [2.45, 2.75) is 25.4 Å². The number of ether oxygens (including phenoxy) is 2. The molecule has 33 heavy (non-hydrogen) atoms. The van der Waals surface area contributed by atoms with E-state index in [1.165, 1.54) is 0 Å². The summed E-state index contributed by atoms with van der Waals surface area (Å²) in [7, 11) is 0. The van der Waals surface area contributed by atoms with Gasteiger partial charge in [0, 0.05) is 37.6 Å². The maximum atomic E-state index is 13.1. The summed E-state index contributed by atoms with van der Waals surface area (Å²) in [5.74, 6) is -0.825. The van der Waals surface area contributed by atoms with Gasteiger partial charge in [0.25, 0.3) is 0 Å². The maximum Gasteiger partial charge on any atom is 0.333 e. The van der Waals surface area contributed by atoms with Crippen molar-refractivity contribution in [2.24, 2.45) is 0 Å². The normalized spacial score (nSPS) is 13.1. The molecule has 1 aliphatic rings. The van der Waals surface area contributed by atoms with Gasteiger partial charge < -0.3 is 9.47 Å². The van der Waals surface area contributed by atoms with E-state index < -0.39 is 11.6 Å². The van der Waals surface area contributed by atoms with Crippen molar-refractivity contribution in [3.05, 3.63) is 105 Å². The Morgan fingerprint density at radius 3 is 2.03 bits per heavy atom. The molecule has 4 nitrogen and oxygen atoms in total. The zero-order valence-electron chi connectivity index (χ0n) is 18.1. The Morgan fingerprint density at radius 1 is 0.909 bits per heavy atom. The molecule has 3 aromatic carbocycles. The fraction of sp³-hybridized carbons (Fsp3) is 0.185. The van der Waals surface area contributed by atoms with E-state index in [0.29, 0.717) is 12.0 Å². The molecule has 0 aliphatic heterocycles. The molecule has 0 unspecified atom stereocenters. The Morgan fingerprint density at radius 2 is 1.48 bits per heavy atom. The van der Waals surface area contributed by atoms with E-state index in [9.17, 15) is 9.59 Å². The molecule has 1 aliphatic carbocycles. The average Bonchev–Trinajstić information content (AvgIpc) is 3.06. The zero-order chi connectivity index (χ0) is 23.6. The molecule has 3 aromatic rings. The van der Waals surface area contributed by atoms with E-state index in [1.807, 2.05) is 54.6 Å². The summed E-state index contributed by atoms with van der Waals surface area (Å²) in [4.78, 5) is 24.7. The fourth-order valence-corrected chi connectivity index (χ4v) is 4.84. The Balaban J connectivity index is 1.72. The highest BCUT2D eigenvalue weighted by Gasteiger charge is 2.48. The summed E-state index contributed by atoms with van der Waals surface area (Å²) in [6.45, 7) is 5.28. The van der Waals surface area contributed by atoms with Crippen LogP contribution in [0, 0.1) is 0 Å². The smallest absolute Gasteiger partial charge is 0.333 e. The minimum Gasteiger partial charge on any atom is -0.462 e. The van der Waals surface area contributed by atoms with E-state index >= 15 is 0 Å².